The van der Waals surface area contributed by atoms with Crippen LogP contribution in [0.25, 0.3) is 22.1 Å². The van der Waals surface area contributed by atoms with E-state index in [0.717, 1.165) is 0 Å². The van der Waals surface area contributed by atoms with Crippen LogP contribution in [-0.4, -0.2) is 97.1 Å². The zero-order valence-electron chi connectivity index (χ0n) is 34.8. The molecule has 2 atom stereocenters. The fraction of sp³-hybridized carbons (Fsp3) is 0.400. The van der Waals surface area contributed by atoms with Gasteiger partial charge in [-0.3, -0.25) is 28.5 Å². The minimum atomic E-state index is -0.865. The van der Waals surface area contributed by atoms with Gasteiger partial charge in [-0.25, -0.2) is 0 Å². The molecule has 6 rings (SSSR count). The fourth-order valence-corrected chi connectivity index (χ4v) is 7.51. The van der Waals surface area contributed by atoms with Gasteiger partial charge in [-0.2, -0.15) is 20.2 Å². The number of nitrogens with zero attached hydrogens (tertiary/aromatic N) is 10. The maximum atomic E-state index is 13.9. The summed E-state index contributed by atoms with van der Waals surface area (Å²) >= 11 is 0. The van der Waals surface area contributed by atoms with E-state index < -0.39 is 35.8 Å². The Hall–Kier alpha value is -6.80. The van der Waals surface area contributed by atoms with E-state index in [0.29, 0.717) is 35.5 Å². The summed E-state index contributed by atoms with van der Waals surface area (Å²) < 4.78 is 22.2. The van der Waals surface area contributed by atoms with Gasteiger partial charge < -0.3 is 49.4 Å². The Morgan fingerprint density at radius 2 is 1.02 bits per heavy atom. The molecule has 0 aliphatic rings. The molecule has 4 aromatic heterocycles. The van der Waals surface area contributed by atoms with Gasteiger partial charge in [0.2, 0.25) is 23.1 Å². The summed E-state index contributed by atoms with van der Waals surface area (Å²) in [5.41, 5.74) is 14.4. The van der Waals surface area contributed by atoms with E-state index in [9.17, 15) is 29.4 Å². The van der Waals surface area contributed by atoms with Crippen molar-refractivity contribution in [2.24, 2.45) is 35.5 Å². The molecule has 0 fully saturated rings. The molecule has 60 heavy (non-hydrogen) atoms. The van der Waals surface area contributed by atoms with Gasteiger partial charge in [0.1, 0.15) is 46.1 Å². The van der Waals surface area contributed by atoms with Crippen molar-refractivity contribution in [2.75, 3.05) is 13.2 Å². The molecule has 20 nitrogen and oxygen atoms in total. The molecule has 20 heteroatoms. The van der Waals surface area contributed by atoms with E-state index in [1.54, 1.807) is 81.6 Å². The van der Waals surface area contributed by atoms with E-state index >= 15 is 0 Å². The molecule has 0 radical (unpaired) electrons. The number of amides is 4. The average Bonchev–Trinajstić information content (AvgIpc) is 3.92. The number of benzene rings is 2. The molecule has 0 spiro atoms. The number of carbonyl (C=O) groups excluding carboxylic acids is 4. The summed E-state index contributed by atoms with van der Waals surface area (Å²) in [6.07, 6.45) is -1.73. The molecule has 6 aromatic rings. The summed E-state index contributed by atoms with van der Waals surface area (Å²) in [6, 6.07) is 8.74. The highest BCUT2D eigenvalue weighted by Crippen LogP contribution is 2.29. The SMILES string of the molecule is CCO[C@H](Cn1/c(=N/C(=O)c2cc(C)nn2CC)n(C)c2cc(C(N)=O)cc(O)c21)[C@@H](Cn1/c(=N/C(=O)c2cc(C)nn2CC)n(C)c2cc(C(N)=O)cc(O)c21)OCC. The van der Waals surface area contributed by atoms with Crippen LogP contribution < -0.4 is 22.7 Å². The number of aromatic nitrogens is 8. The lowest BCUT2D eigenvalue weighted by Crippen LogP contribution is -2.43. The molecule has 2 aromatic carbocycles. The van der Waals surface area contributed by atoms with Gasteiger partial charge in [-0.1, -0.05) is 0 Å². The number of primary amides is 2. The largest absolute Gasteiger partial charge is 0.506 e. The zero-order chi connectivity index (χ0) is 43.7. The highest BCUT2D eigenvalue weighted by molar-refractivity contribution is 6.00. The lowest BCUT2D eigenvalue weighted by molar-refractivity contribution is -0.0801. The van der Waals surface area contributed by atoms with Crippen LogP contribution in [0.2, 0.25) is 0 Å². The van der Waals surface area contributed by atoms with Crippen molar-refractivity contribution in [1.82, 2.24) is 37.8 Å². The maximum Gasteiger partial charge on any atom is 0.298 e. The predicted octanol–water partition coefficient (Wildman–Crippen LogP) is 1.92. The van der Waals surface area contributed by atoms with E-state index in [4.69, 9.17) is 20.9 Å². The number of hydrogen-bond acceptors (Lipinski definition) is 10. The minimum absolute atomic E-state index is 0.0356. The number of nitrogens with two attached hydrogens (primary N) is 2. The van der Waals surface area contributed by atoms with Crippen molar-refractivity contribution in [3.8, 4) is 11.5 Å². The lowest BCUT2D eigenvalue weighted by Gasteiger charge is -2.28. The smallest absolute Gasteiger partial charge is 0.298 e. The van der Waals surface area contributed by atoms with Crippen molar-refractivity contribution < 1.29 is 38.9 Å². The molecular formula is C40H50N12O8. The lowest BCUT2D eigenvalue weighted by atomic mass is 10.1. The molecule has 4 amide bonds. The number of ether oxygens (including phenoxy) is 2. The van der Waals surface area contributed by atoms with Gasteiger partial charge in [0.05, 0.1) is 35.5 Å². The third-order valence-electron chi connectivity index (χ3n) is 10.2. The van der Waals surface area contributed by atoms with Crippen molar-refractivity contribution >= 4 is 45.7 Å². The van der Waals surface area contributed by atoms with Gasteiger partial charge in [-0.15, -0.1) is 0 Å². The molecule has 0 saturated carbocycles. The van der Waals surface area contributed by atoms with E-state index in [1.165, 1.54) is 24.3 Å². The van der Waals surface area contributed by atoms with Crippen LogP contribution in [0.3, 0.4) is 0 Å². The highest BCUT2D eigenvalue weighted by Gasteiger charge is 2.30. The van der Waals surface area contributed by atoms with Crippen molar-refractivity contribution in [2.45, 2.75) is 79.9 Å². The van der Waals surface area contributed by atoms with Crippen LogP contribution in [0.5, 0.6) is 11.5 Å². The van der Waals surface area contributed by atoms with Crippen molar-refractivity contribution in [3.05, 3.63) is 81.5 Å². The average molecular weight is 827 g/mol. The fourth-order valence-electron chi connectivity index (χ4n) is 7.51. The summed E-state index contributed by atoms with van der Waals surface area (Å²) in [5, 5.41) is 31.7. The molecule has 0 unspecified atom stereocenters. The van der Waals surface area contributed by atoms with E-state index in [1.807, 2.05) is 13.8 Å². The van der Waals surface area contributed by atoms with Gasteiger partial charge in [0, 0.05) is 51.5 Å². The Labute approximate surface area is 343 Å². The minimum Gasteiger partial charge on any atom is -0.506 e. The number of hydrogen-bond donors (Lipinski definition) is 4. The zero-order valence-corrected chi connectivity index (χ0v) is 34.8. The van der Waals surface area contributed by atoms with Crippen molar-refractivity contribution in [3.63, 3.8) is 0 Å². The van der Waals surface area contributed by atoms with Crippen LogP contribution in [-0.2, 0) is 49.7 Å². The maximum absolute atomic E-state index is 13.9. The Morgan fingerprint density at radius 1 is 0.650 bits per heavy atom. The molecule has 0 bridgehead atoms. The van der Waals surface area contributed by atoms with Crippen LogP contribution in [0.1, 0.15) is 80.8 Å². The second kappa shape index (κ2) is 17.2. The third-order valence-corrected chi connectivity index (χ3v) is 10.2. The molecular weight excluding hydrogens is 777 g/mol. The Bertz CT molecular complexity index is 2620. The standard InChI is InChI=1S/C40H50N12O8/c1-9-51-27(13-21(5)45-51)37(57)43-39-47(7)25-15-23(35(41)55)17-29(53)33(25)49(39)19-31(59-11-3)32(60-12-4)20-50-34-26(16-24(36(42)56)18-30(34)54)48(8)40(50)44-38(58)28-14-22(6)46-52(28)10-2/h13-18,31-32,53-54H,9-12,19-20H2,1-8H3,(H2,41,55)(H2,42,56)/b43-39+,44-40+/t31-,32-/m1/s1. The Kier molecular flexibility index (Phi) is 12.3. The summed E-state index contributed by atoms with van der Waals surface area (Å²) in [4.78, 5) is 61.5. The number of phenols is 2. The number of phenolic OH excluding ortho intramolecular Hbond substituents is 2. The van der Waals surface area contributed by atoms with Gasteiger partial charge in [0.25, 0.3) is 11.8 Å². The number of imidazole rings is 2. The first kappa shape index (κ1) is 42.8. The summed E-state index contributed by atoms with van der Waals surface area (Å²) in [7, 11) is 3.28. The molecule has 318 valence electrons. The Balaban J connectivity index is 1.56. The monoisotopic (exact) mass is 826 g/mol. The number of fused-ring (bicyclic) bond motifs is 2. The number of rotatable bonds is 15. The molecule has 0 aliphatic heterocycles. The van der Waals surface area contributed by atoms with Gasteiger partial charge in [-0.05, 0) is 77.9 Å². The normalized spacial score (nSPS) is 13.5. The molecule has 0 saturated heterocycles. The molecule has 0 aliphatic carbocycles. The first-order valence-corrected chi connectivity index (χ1v) is 19.5. The van der Waals surface area contributed by atoms with Gasteiger partial charge in [0.15, 0.2) is 0 Å². The van der Waals surface area contributed by atoms with Crippen LogP contribution >= 0.6 is 0 Å². The third kappa shape index (κ3) is 7.97. The van der Waals surface area contributed by atoms with E-state index in [2.05, 4.69) is 20.2 Å². The Morgan fingerprint density at radius 3 is 1.33 bits per heavy atom. The van der Waals surface area contributed by atoms with Crippen LogP contribution in [0.4, 0.5) is 0 Å². The molecule has 4 heterocycles. The second-order valence-electron chi connectivity index (χ2n) is 14.2. The quantitative estimate of drug-likeness (QED) is 0.117. The number of aromatic hydroxyl groups is 2. The van der Waals surface area contributed by atoms with Crippen molar-refractivity contribution in [1.29, 1.82) is 0 Å². The summed E-state index contributed by atoms with van der Waals surface area (Å²) in [5.74, 6) is -3.35. The van der Waals surface area contributed by atoms with Crippen LogP contribution in [0.15, 0.2) is 46.4 Å². The predicted molar refractivity (Wildman–Crippen MR) is 218 cm³/mol. The van der Waals surface area contributed by atoms with Crippen LogP contribution in [0, 0.1) is 13.8 Å². The molecule has 6 N–H and O–H groups in total. The first-order chi connectivity index (χ1) is 28.5. The second-order valence-corrected chi connectivity index (χ2v) is 14.2. The highest BCUT2D eigenvalue weighted by atomic mass is 16.5. The first-order valence-electron chi connectivity index (χ1n) is 19.5. The van der Waals surface area contributed by atoms with E-state index in [-0.39, 0.29) is 82.6 Å². The topological polar surface area (TPSA) is 259 Å². The van der Waals surface area contributed by atoms with Gasteiger partial charge >= 0.3 is 0 Å². The number of aryl methyl sites for hydroxylation is 6. The number of carbonyl (C=O) groups is 4. The summed E-state index contributed by atoms with van der Waals surface area (Å²) in [6.45, 7) is 11.9.